The van der Waals surface area contributed by atoms with Crippen LogP contribution >= 0.6 is 0 Å². The summed E-state index contributed by atoms with van der Waals surface area (Å²) < 4.78 is 13.2. The van der Waals surface area contributed by atoms with Crippen molar-refractivity contribution in [1.82, 2.24) is 24.5 Å². The van der Waals surface area contributed by atoms with Gasteiger partial charge in [-0.25, -0.2) is 4.98 Å². The van der Waals surface area contributed by atoms with Gasteiger partial charge >= 0.3 is 0 Å². The van der Waals surface area contributed by atoms with E-state index in [0.717, 1.165) is 40.8 Å². The monoisotopic (exact) mass is 444 g/mol. The fraction of sp³-hybridized carbons (Fsp3) is 0.320. The van der Waals surface area contributed by atoms with Crippen LogP contribution in [0.15, 0.2) is 60.8 Å². The van der Waals surface area contributed by atoms with E-state index in [9.17, 15) is 0 Å². The number of nitrogens with one attached hydrogen (secondary N) is 1. The highest BCUT2D eigenvalue weighted by Gasteiger charge is 2.12. The standard InChI is InChI=1S/C25H28N6O2/c1-2-32-21-9-5-19(6-10-21)24-26-14-13-23-28-25(29-31(23)24)27-20-7-11-22(12-8-20)33-18-17-30-15-3-4-16-30/h5-14H,2-4,15-18H2,1H3,(H,27,29). The first-order chi connectivity index (χ1) is 16.3. The van der Waals surface area contributed by atoms with Gasteiger partial charge in [0.1, 0.15) is 18.1 Å². The molecule has 0 amide bonds. The zero-order chi connectivity index (χ0) is 22.5. The van der Waals surface area contributed by atoms with Gasteiger partial charge < -0.3 is 14.8 Å². The van der Waals surface area contributed by atoms with Crippen molar-refractivity contribution in [3.63, 3.8) is 0 Å². The Morgan fingerprint density at radius 2 is 1.64 bits per heavy atom. The summed E-state index contributed by atoms with van der Waals surface area (Å²) in [4.78, 5) is 11.6. The molecule has 4 aromatic rings. The molecule has 0 saturated carbocycles. The van der Waals surface area contributed by atoms with Gasteiger partial charge in [0.2, 0.25) is 5.95 Å². The first-order valence-electron chi connectivity index (χ1n) is 11.5. The van der Waals surface area contributed by atoms with Crippen molar-refractivity contribution >= 4 is 17.3 Å². The Balaban J connectivity index is 1.26. The quantitative estimate of drug-likeness (QED) is 0.410. The van der Waals surface area contributed by atoms with Crippen LogP contribution < -0.4 is 14.8 Å². The molecule has 3 heterocycles. The van der Waals surface area contributed by atoms with Crippen LogP contribution in [0.3, 0.4) is 0 Å². The second kappa shape index (κ2) is 9.87. The van der Waals surface area contributed by atoms with E-state index >= 15 is 0 Å². The van der Waals surface area contributed by atoms with Gasteiger partial charge in [-0.3, -0.25) is 4.90 Å². The number of nitrogens with zero attached hydrogens (tertiary/aromatic N) is 5. The third kappa shape index (κ3) is 5.06. The molecule has 0 unspecified atom stereocenters. The summed E-state index contributed by atoms with van der Waals surface area (Å²) in [5.74, 6) is 2.93. The molecule has 0 spiro atoms. The fourth-order valence-corrected chi connectivity index (χ4v) is 4.00. The number of hydrogen-bond acceptors (Lipinski definition) is 7. The summed E-state index contributed by atoms with van der Waals surface area (Å²) in [6.45, 7) is 6.67. The number of rotatable bonds is 9. The van der Waals surface area contributed by atoms with Crippen LogP contribution in [0.5, 0.6) is 11.5 Å². The van der Waals surface area contributed by atoms with E-state index in [1.54, 1.807) is 10.7 Å². The van der Waals surface area contributed by atoms with E-state index in [-0.39, 0.29) is 0 Å². The zero-order valence-corrected chi connectivity index (χ0v) is 18.8. The van der Waals surface area contributed by atoms with Crippen molar-refractivity contribution in [2.45, 2.75) is 19.8 Å². The largest absolute Gasteiger partial charge is 0.494 e. The van der Waals surface area contributed by atoms with E-state index in [1.807, 2.05) is 61.5 Å². The molecule has 8 heteroatoms. The van der Waals surface area contributed by atoms with Crippen LogP contribution in [0.25, 0.3) is 17.0 Å². The van der Waals surface area contributed by atoms with Crippen molar-refractivity contribution in [1.29, 1.82) is 0 Å². The maximum Gasteiger partial charge on any atom is 0.247 e. The van der Waals surface area contributed by atoms with Crippen molar-refractivity contribution < 1.29 is 9.47 Å². The van der Waals surface area contributed by atoms with E-state index in [0.29, 0.717) is 19.2 Å². The zero-order valence-electron chi connectivity index (χ0n) is 18.8. The van der Waals surface area contributed by atoms with E-state index in [4.69, 9.17) is 9.47 Å². The van der Waals surface area contributed by atoms with Crippen LogP contribution in [0.2, 0.25) is 0 Å². The number of hydrogen-bond donors (Lipinski definition) is 1. The van der Waals surface area contributed by atoms with Gasteiger partial charge in [0.05, 0.1) is 6.61 Å². The predicted octanol–water partition coefficient (Wildman–Crippen LogP) is 4.41. The Hall–Kier alpha value is -3.65. The molecule has 170 valence electrons. The SMILES string of the molecule is CCOc1ccc(-c2nccc3nc(Nc4ccc(OCCN5CCCC5)cc4)nn23)cc1. The second-order valence-corrected chi connectivity index (χ2v) is 7.98. The molecular weight excluding hydrogens is 416 g/mol. The second-order valence-electron chi connectivity index (χ2n) is 7.98. The van der Waals surface area contributed by atoms with Gasteiger partial charge in [0.15, 0.2) is 11.5 Å². The summed E-state index contributed by atoms with van der Waals surface area (Å²) in [5, 5.41) is 7.89. The molecule has 2 aromatic heterocycles. The number of benzene rings is 2. The molecule has 1 fully saturated rings. The summed E-state index contributed by atoms with van der Waals surface area (Å²) in [6, 6.07) is 17.5. The minimum Gasteiger partial charge on any atom is -0.494 e. The first kappa shape index (κ1) is 21.2. The average molecular weight is 445 g/mol. The molecule has 0 aliphatic carbocycles. The van der Waals surface area contributed by atoms with Crippen LogP contribution in [0, 0.1) is 0 Å². The summed E-state index contributed by atoms with van der Waals surface area (Å²) >= 11 is 0. The summed E-state index contributed by atoms with van der Waals surface area (Å²) in [7, 11) is 0. The minimum atomic E-state index is 0.512. The van der Waals surface area contributed by atoms with Crippen LogP contribution in [-0.4, -0.2) is 57.3 Å². The molecule has 33 heavy (non-hydrogen) atoms. The molecular formula is C25H28N6O2. The lowest BCUT2D eigenvalue weighted by atomic mass is 10.2. The van der Waals surface area contributed by atoms with Crippen molar-refractivity contribution in [2.75, 3.05) is 38.2 Å². The van der Waals surface area contributed by atoms with Crippen molar-refractivity contribution in [3.05, 3.63) is 60.8 Å². The maximum atomic E-state index is 5.89. The normalized spacial score (nSPS) is 14.0. The lowest BCUT2D eigenvalue weighted by Crippen LogP contribution is -2.25. The lowest BCUT2D eigenvalue weighted by molar-refractivity contribution is 0.238. The van der Waals surface area contributed by atoms with Gasteiger partial charge in [0.25, 0.3) is 0 Å². The summed E-state index contributed by atoms with van der Waals surface area (Å²) in [5.41, 5.74) is 2.56. The average Bonchev–Trinajstić information content (AvgIpc) is 3.50. The number of likely N-dealkylation sites (tertiary alicyclic amines) is 1. The van der Waals surface area contributed by atoms with Gasteiger partial charge in [-0.1, -0.05) is 0 Å². The molecule has 0 radical (unpaired) electrons. The van der Waals surface area contributed by atoms with Gasteiger partial charge in [-0.05, 0) is 81.4 Å². The number of ether oxygens (including phenoxy) is 2. The van der Waals surface area contributed by atoms with E-state index in [1.165, 1.54) is 25.9 Å². The predicted molar refractivity (Wildman–Crippen MR) is 128 cm³/mol. The molecule has 2 aromatic carbocycles. The van der Waals surface area contributed by atoms with E-state index < -0.39 is 0 Å². The lowest BCUT2D eigenvalue weighted by Gasteiger charge is -2.15. The number of anilines is 2. The Morgan fingerprint density at radius 3 is 2.39 bits per heavy atom. The molecule has 5 rings (SSSR count). The first-order valence-corrected chi connectivity index (χ1v) is 11.5. The molecule has 0 atom stereocenters. The molecule has 0 bridgehead atoms. The topological polar surface area (TPSA) is 76.8 Å². The van der Waals surface area contributed by atoms with E-state index in [2.05, 4.69) is 25.3 Å². The smallest absolute Gasteiger partial charge is 0.247 e. The molecule has 1 aliphatic heterocycles. The van der Waals surface area contributed by atoms with Crippen LogP contribution in [-0.2, 0) is 0 Å². The Morgan fingerprint density at radius 1 is 0.909 bits per heavy atom. The Bertz CT molecular complexity index is 1180. The minimum absolute atomic E-state index is 0.512. The van der Waals surface area contributed by atoms with Gasteiger partial charge in [-0.15, -0.1) is 5.10 Å². The molecule has 1 aliphatic rings. The highest BCUT2D eigenvalue weighted by molar-refractivity contribution is 5.62. The molecule has 1 saturated heterocycles. The Kier molecular flexibility index (Phi) is 6.34. The van der Waals surface area contributed by atoms with Crippen molar-refractivity contribution in [2.24, 2.45) is 0 Å². The Labute approximate surface area is 193 Å². The molecule has 1 N–H and O–H groups in total. The van der Waals surface area contributed by atoms with Gasteiger partial charge in [-0.2, -0.15) is 9.50 Å². The van der Waals surface area contributed by atoms with Crippen LogP contribution in [0.1, 0.15) is 19.8 Å². The molecule has 8 nitrogen and oxygen atoms in total. The third-order valence-electron chi connectivity index (χ3n) is 5.66. The highest BCUT2D eigenvalue weighted by atomic mass is 16.5. The number of aromatic nitrogens is 4. The maximum absolute atomic E-state index is 5.89. The number of fused-ring (bicyclic) bond motifs is 1. The third-order valence-corrected chi connectivity index (χ3v) is 5.66. The highest BCUT2D eigenvalue weighted by Crippen LogP contribution is 2.23. The summed E-state index contributed by atoms with van der Waals surface area (Å²) in [6.07, 6.45) is 4.35. The van der Waals surface area contributed by atoms with Crippen molar-refractivity contribution in [3.8, 4) is 22.9 Å². The van der Waals surface area contributed by atoms with Gasteiger partial charge in [0, 0.05) is 30.1 Å². The fourth-order valence-electron chi connectivity index (χ4n) is 4.00. The van der Waals surface area contributed by atoms with Crippen LogP contribution in [0.4, 0.5) is 11.6 Å².